The molecule has 3 N–H and O–H groups in total. The molecule has 1 aromatic carbocycles. The average molecular weight is 437 g/mol. The van der Waals surface area contributed by atoms with E-state index in [0.717, 1.165) is 50.0 Å². The molecule has 0 bridgehead atoms. The van der Waals surface area contributed by atoms with E-state index < -0.39 is 5.92 Å². The summed E-state index contributed by atoms with van der Waals surface area (Å²) < 4.78 is 5.57. The van der Waals surface area contributed by atoms with Crippen LogP contribution in [0.4, 0.5) is 11.8 Å². The van der Waals surface area contributed by atoms with E-state index in [1.807, 2.05) is 6.92 Å². The van der Waals surface area contributed by atoms with Crippen LogP contribution in [0.25, 0.3) is 0 Å². The number of nitrogens with zero attached hydrogens (tertiary/aromatic N) is 2. The lowest BCUT2D eigenvalue weighted by Gasteiger charge is -2.34. The number of nitrogens with one attached hydrogen (secondary N) is 2. The van der Waals surface area contributed by atoms with E-state index in [0.29, 0.717) is 41.7 Å². The molecule has 0 amide bonds. The molecule has 1 fully saturated rings. The van der Waals surface area contributed by atoms with Crippen LogP contribution in [0.2, 0.25) is 0 Å². The van der Waals surface area contributed by atoms with Gasteiger partial charge in [-0.25, -0.2) is 0 Å². The fourth-order valence-electron chi connectivity index (χ4n) is 5.02. The Labute approximate surface area is 186 Å². The molecule has 2 aliphatic heterocycles. The van der Waals surface area contributed by atoms with Crippen LogP contribution in [0, 0.1) is 0 Å². The lowest BCUT2D eigenvalue weighted by Crippen LogP contribution is -2.36. The maximum absolute atomic E-state index is 13.4. The van der Waals surface area contributed by atoms with Crippen LogP contribution in [-0.4, -0.2) is 40.6 Å². The second-order valence-corrected chi connectivity index (χ2v) is 8.59. The number of piperidine rings is 1. The maximum atomic E-state index is 13.4. The Balaban J connectivity index is 1.67. The van der Waals surface area contributed by atoms with E-state index in [-0.39, 0.29) is 17.1 Å². The smallest absolute Gasteiger partial charge is 0.258 e. The summed E-state index contributed by atoms with van der Waals surface area (Å²) in [7, 11) is 0. The van der Waals surface area contributed by atoms with Gasteiger partial charge in [-0.15, -0.1) is 0 Å². The van der Waals surface area contributed by atoms with Crippen molar-refractivity contribution in [2.45, 2.75) is 51.4 Å². The first-order chi connectivity index (χ1) is 15.6. The van der Waals surface area contributed by atoms with Crippen LogP contribution in [-0.2, 0) is 4.79 Å². The van der Waals surface area contributed by atoms with Gasteiger partial charge in [0.15, 0.2) is 17.3 Å². The minimum absolute atomic E-state index is 0.0291. The van der Waals surface area contributed by atoms with E-state index in [4.69, 9.17) is 9.72 Å². The average Bonchev–Trinajstić information content (AvgIpc) is 2.80. The van der Waals surface area contributed by atoms with Gasteiger partial charge in [-0.05, 0) is 56.7 Å². The normalized spacial score (nSPS) is 20.5. The Morgan fingerprint density at radius 1 is 1.16 bits per heavy atom. The molecule has 1 saturated heterocycles. The van der Waals surface area contributed by atoms with E-state index in [9.17, 15) is 14.7 Å². The number of hydrogen-bond donors (Lipinski definition) is 3. The molecule has 2 aromatic rings. The van der Waals surface area contributed by atoms with Gasteiger partial charge < -0.3 is 20.1 Å². The highest BCUT2D eigenvalue weighted by Gasteiger charge is 2.38. The first-order valence-corrected chi connectivity index (χ1v) is 11.4. The predicted molar refractivity (Wildman–Crippen MR) is 122 cm³/mol. The number of ether oxygens (including phenoxy) is 1. The van der Waals surface area contributed by atoms with E-state index in [2.05, 4.69) is 15.2 Å². The number of carbonyl (C=O) groups excluding carboxylic acids is 1. The molecule has 0 spiro atoms. The summed E-state index contributed by atoms with van der Waals surface area (Å²) >= 11 is 0. The van der Waals surface area contributed by atoms with Crippen LogP contribution < -0.4 is 20.5 Å². The molecule has 0 saturated carbocycles. The molecule has 1 unspecified atom stereocenters. The molecule has 3 aliphatic rings. The minimum Gasteiger partial charge on any atom is -0.504 e. The molecule has 5 rings (SSSR count). The maximum Gasteiger partial charge on any atom is 0.258 e. The number of aromatic hydroxyl groups is 1. The van der Waals surface area contributed by atoms with Crippen LogP contribution in [0.3, 0.4) is 0 Å². The Kier molecular flexibility index (Phi) is 5.36. The number of benzene rings is 1. The van der Waals surface area contributed by atoms with E-state index in [1.54, 1.807) is 18.2 Å². The number of aromatic nitrogens is 2. The van der Waals surface area contributed by atoms with Crippen LogP contribution >= 0.6 is 0 Å². The number of rotatable bonds is 4. The number of fused-ring (bicyclic) bond motifs is 1. The summed E-state index contributed by atoms with van der Waals surface area (Å²) in [6.07, 6.45) is 5.31. The van der Waals surface area contributed by atoms with Gasteiger partial charge in [0.1, 0.15) is 5.82 Å². The highest BCUT2D eigenvalue weighted by Crippen LogP contribution is 2.45. The van der Waals surface area contributed by atoms with Crippen LogP contribution in [0.5, 0.6) is 11.5 Å². The number of hydrogen-bond acceptors (Lipinski definition) is 7. The second-order valence-electron chi connectivity index (χ2n) is 8.59. The van der Waals surface area contributed by atoms with Gasteiger partial charge in [-0.2, -0.15) is 4.98 Å². The molecule has 168 valence electrons. The summed E-state index contributed by atoms with van der Waals surface area (Å²) in [6, 6.07) is 5.03. The first kappa shape index (κ1) is 20.6. The highest BCUT2D eigenvalue weighted by atomic mass is 16.5. The molecular formula is C24H28N4O4. The molecule has 1 aromatic heterocycles. The lowest BCUT2D eigenvalue weighted by atomic mass is 9.76. The predicted octanol–water partition coefficient (Wildman–Crippen LogP) is 3.43. The zero-order valence-electron chi connectivity index (χ0n) is 18.2. The number of Topliss-reactive ketones (excluding diaryl/α,β-unsaturated/α-hetero) is 1. The Morgan fingerprint density at radius 3 is 2.75 bits per heavy atom. The van der Waals surface area contributed by atoms with Crippen LogP contribution in [0.1, 0.15) is 62.5 Å². The molecule has 1 aliphatic carbocycles. The van der Waals surface area contributed by atoms with Crippen molar-refractivity contribution < 1.29 is 14.6 Å². The number of phenols is 1. The summed E-state index contributed by atoms with van der Waals surface area (Å²) in [4.78, 5) is 36.3. The van der Waals surface area contributed by atoms with Gasteiger partial charge in [-0.3, -0.25) is 14.6 Å². The number of H-pyrrole nitrogens is 1. The molecule has 8 nitrogen and oxygen atoms in total. The second kappa shape index (κ2) is 8.33. The highest BCUT2D eigenvalue weighted by molar-refractivity contribution is 6.01. The van der Waals surface area contributed by atoms with Crippen molar-refractivity contribution in [3.8, 4) is 11.5 Å². The van der Waals surface area contributed by atoms with Crippen molar-refractivity contribution in [1.82, 2.24) is 9.97 Å². The largest absolute Gasteiger partial charge is 0.504 e. The standard InChI is InChI=1S/C24H28N4O4/c1-2-32-18-13-14(9-10-16(18)29)19-20-15(7-6-8-17(20)30)25-22-21(19)23(31)27-24(26-22)28-11-4-3-5-12-28/h9-10,13,19,29H,2-8,11-12H2,1H3,(H2,25,26,27,31). The van der Waals surface area contributed by atoms with Gasteiger partial charge in [-0.1, -0.05) is 6.07 Å². The third-order valence-electron chi connectivity index (χ3n) is 6.52. The Bertz CT molecular complexity index is 1150. The van der Waals surface area contributed by atoms with Gasteiger partial charge in [0.25, 0.3) is 5.56 Å². The number of ketones is 1. The molecule has 0 radical (unpaired) electrons. The topological polar surface area (TPSA) is 108 Å². The fraction of sp³-hybridized carbons (Fsp3) is 0.458. The number of allylic oxidation sites excluding steroid dienone is 2. The SMILES string of the molecule is CCOc1cc(C2C3=C(CCCC3=O)Nc3nc(N4CCCCC4)[nH]c(=O)c32)ccc1O. The van der Waals surface area contributed by atoms with E-state index in [1.165, 1.54) is 6.42 Å². The fourth-order valence-corrected chi connectivity index (χ4v) is 5.02. The molecular weight excluding hydrogens is 408 g/mol. The Morgan fingerprint density at radius 2 is 1.97 bits per heavy atom. The van der Waals surface area contributed by atoms with Gasteiger partial charge in [0, 0.05) is 36.7 Å². The number of phenolic OH excluding ortho intramolecular Hbond substituents is 1. The lowest BCUT2D eigenvalue weighted by molar-refractivity contribution is -0.116. The number of aromatic amines is 1. The summed E-state index contributed by atoms with van der Waals surface area (Å²) in [5, 5.41) is 13.5. The van der Waals surface area contributed by atoms with Crippen molar-refractivity contribution in [3.05, 3.63) is 50.9 Å². The molecule has 3 heterocycles. The summed E-state index contributed by atoms with van der Waals surface area (Å²) in [5.74, 6) is 0.942. The number of anilines is 2. The van der Waals surface area contributed by atoms with Gasteiger partial charge >= 0.3 is 0 Å². The van der Waals surface area contributed by atoms with Gasteiger partial charge in [0.2, 0.25) is 5.95 Å². The third-order valence-corrected chi connectivity index (χ3v) is 6.52. The molecule has 8 heteroatoms. The summed E-state index contributed by atoms with van der Waals surface area (Å²) in [5.41, 5.74) is 2.38. The third kappa shape index (κ3) is 3.53. The van der Waals surface area contributed by atoms with Crippen molar-refractivity contribution >= 4 is 17.5 Å². The van der Waals surface area contributed by atoms with Gasteiger partial charge in [0.05, 0.1) is 12.2 Å². The van der Waals surface area contributed by atoms with Crippen molar-refractivity contribution in [3.63, 3.8) is 0 Å². The zero-order chi connectivity index (χ0) is 22.2. The van der Waals surface area contributed by atoms with Crippen molar-refractivity contribution in [2.75, 3.05) is 29.9 Å². The van der Waals surface area contributed by atoms with Crippen LogP contribution in [0.15, 0.2) is 34.3 Å². The number of carbonyl (C=O) groups is 1. The first-order valence-electron chi connectivity index (χ1n) is 11.4. The monoisotopic (exact) mass is 436 g/mol. The quantitative estimate of drug-likeness (QED) is 0.674. The molecule has 32 heavy (non-hydrogen) atoms. The molecule has 1 atom stereocenters. The van der Waals surface area contributed by atoms with Crippen molar-refractivity contribution in [1.29, 1.82) is 0 Å². The minimum atomic E-state index is -0.555. The van der Waals surface area contributed by atoms with Crippen molar-refractivity contribution in [2.24, 2.45) is 0 Å². The van der Waals surface area contributed by atoms with E-state index >= 15 is 0 Å². The summed E-state index contributed by atoms with van der Waals surface area (Å²) in [6.45, 7) is 3.97. The Hall–Kier alpha value is -3.29. The zero-order valence-corrected chi connectivity index (χ0v) is 18.2.